The average molecular weight is 409 g/mol. The van der Waals surface area contributed by atoms with Crippen LogP contribution in [0.25, 0.3) is 10.8 Å². The molecule has 0 radical (unpaired) electrons. The first kappa shape index (κ1) is 24.2. The molecular formula is C28H40O2. The summed E-state index contributed by atoms with van der Waals surface area (Å²) in [6, 6.07) is 13.9. The molecule has 0 amide bonds. The van der Waals surface area contributed by atoms with E-state index in [9.17, 15) is 4.79 Å². The summed E-state index contributed by atoms with van der Waals surface area (Å²) in [5, 5.41) is 2.26. The van der Waals surface area contributed by atoms with Crippen LogP contribution in [0, 0.1) is 0 Å². The SMILES string of the molecule is CCCCCCCC/C=C\CCCCCCCC(=O)Oc1ccc2ccccc2c1. The zero-order valence-electron chi connectivity index (χ0n) is 18.9. The number of hydrogen-bond donors (Lipinski definition) is 0. The first-order chi connectivity index (χ1) is 14.8. The lowest BCUT2D eigenvalue weighted by Crippen LogP contribution is -2.07. The Kier molecular flexibility index (Phi) is 12.7. The van der Waals surface area contributed by atoms with Crippen molar-refractivity contribution in [1.29, 1.82) is 0 Å². The highest BCUT2D eigenvalue weighted by Crippen LogP contribution is 2.21. The molecule has 0 saturated heterocycles. The van der Waals surface area contributed by atoms with Crippen molar-refractivity contribution in [1.82, 2.24) is 0 Å². The summed E-state index contributed by atoms with van der Waals surface area (Å²) >= 11 is 0. The number of rotatable bonds is 16. The van der Waals surface area contributed by atoms with Gasteiger partial charge < -0.3 is 4.74 Å². The van der Waals surface area contributed by atoms with Gasteiger partial charge >= 0.3 is 5.97 Å². The van der Waals surface area contributed by atoms with Crippen LogP contribution in [-0.4, -0.2) is 5.97 Å². The summed E-state index contributed by atoms with van der Waals surface area (Å²) in [6.45, 7) is 2.27. The van der Waals surface area contributed by atoms with Crippen LogP contribution in [0.3, 0.4) is 0 Å². The Bertz CT molecular complexity index is 747. The van der Waals surface area contributed by atoms with Gasteiger partial charge in [0, 0.05) is 6.42 Å². The van der Waals surface area contributed by atoms with Gasteiger partial charge in [0.25, 0.3) is 0 Å². The van der Waals surface area contributed by atoms with E-state index in [0.717, 1.165) is 23.6 Å². The smallest absolute Gasteiger partial charge is 0.311 e. The molecule has 0 unspecified atom stereocenters. The fourth-order valence-electron chi connectivity index (χ4n) is 3.75. The molecule has 2 aromatic rings. The summed E-state index contributed by atoms with van der Waals surface area (Å²) < 4.78 is 5.49. The monoisotopic (exact) mass is 408 g/mol. The van der Waals surface area contributed by atoms with E-state index in [1.54, 1.807) is 0 Å². The molecule has 2 aromatic carbocycles. The van der Waals surface area contributed by atoms with E-state index in [4.69, 9.17) is 4.74 Å². The Hall–Kier alpha value is -2.09. The van der Waals surface area contributed by atoms with E-state index < -0.39 is 0 Å². The molecule has 0 heterocycles. The van der Waals surface area contributed by atoms with E-state index in [0.29, 0.717) is 12.2 Å². The second kappa shape index (κ2) is 15.7. The summed E-state index contributed by atoms with van der Waals surface area (Å²) in [5.41, 5.74) is 0. The van der Waals surface area contributed by atoms with Gasteiger partial charge in [0.15, 0.2) is 0 Å². The van der Waals surface area contributed by atoms with Crippen molar-refractivity contribution in [3.63, 3.8) is 0 Å². The lowest BCUT2D eigenvalue weighted by molar-refractivity contribution is -0.134. The second-order valence-electron chi connectivity index (χ2n) is 8.32. The van der Waals surface area contributed by atoms with Crippen LogP contribution in [0.1, 0.15) is 96.8 Å². The fourth-order valence-corrected chi connectivity index (χ4v) is 3.75. The number of allylic oxidation sites excluding steroid dienone is 2. The summed E-state index contributed by atoms with van der Waals surface area (Å²) in [5.74, 6) is 0.523. The molecule has 0 aliphatic carbocycles. The topological polar surface area (TPSA) is 26.3 Å². The van der Waals surface area contributed by atoms with E-state index in [-0.39, 0.29) is 5.97 Å². The maximum absolute atomic E-state index is 12.1. The van der Waals surface area contributed by atoms with Crippen molar-refractivity contribution >= 4 is 16.7 Å². The molecule has 0 atom stereocenters. The normalized spacial score (nSPS) is 11.4. The minimum absolute atomic E-state index is 0.122. The Morgan fingerprint density at radius 2 is 1.33 bits per heavy atom. The van der Waals surface area contributed by atoms with Gasteiger partial charge in [0.1, 0.15) is 5.75 Å². The van der Waals surface area contributed by atoms with Crippen LogP contribution in [0.4, 0.5) is 0 Å². The van der Waals surface area contributed by atoms with Crippen LogP contribution in [0.2, 0.25) is 0 Å². The quantitative estimate of drug-likeness (QED) is 0.120. The summed E-state index contributed by atoms with van der Waals surface area (Å²) in [7, 11) is 0. The number of hydrogen-bond acceptors (Lipinski definition) is 2. The molecule has 0 saturated carbocycles. The number of unbranched alkanes of at least 4 members (excludes halogenated alkanes) is 11. The van der Waals surface area contributed by atoms with Gasteiger partial charge in [0.05, 0.1) is 0 Å². The predicted octanol–water partition coefficient (Wildman–Crippen LogP) is 8.78. The number of carbonyl (C=O) groups is 1. The van der Waals surface area contributed by atoms with Gasteiger partial charge in [-0.1, -0.05) is 101 Å². The van der Waals surface area contributed by atoms with Crippen LogP contribution in [0.5, 0.6) is 5.75 Å². The van der Waals surface area contributed by atoms with E-state index in [1.807, 2.05) is 36.4 Å². The molecule has 0 aliphatic heterocycles. The molecule has 30 heavy (non-hydrogen) atoms. The van der Waals surface area contributed by atoms with Crippen molar-refractivity contribution in [2.24, 2.45) is 0 Å². The first-order valence-electron chi connectivity index (χ1n) is 12.1. The molecular weight excluding hydrogens is 368 g/mol. The highest BCUT2D eigenvalue weighted by molar-refractivity contribution is 5.84. The van der Waals surface area contributed by atoms with Crippen LogP contribution in [-0.2, 0) is 4.79 Å². The Balaban J connectivity index is 1.43. The van der Waals surface area contributed by atoms with E-state index >= 15 is 0 Å². The molecule has 0 bridgehead atoms. The number of ether oxygens (including phenoxy) is 1. The van der Waals surface area contributed by atoms with E-state index in [2.05, 4.69) is 25.1 Å². The maximum Gasteiger partial charge on any atom is 0.311 e. The third-order valence-electron chi connectivity index (χ3n) is 5.60. The maximum atomic E-state index is 12.1. The van der Waals surface area contributed by atoms with E-state index in [1.165, 1.54) is 70.6 Å². The molecule has 0 spiro atoms. The van der Waals surface area contributed by atoms with Crippen molar-refractivity contribution < 1.29 is 9.53 Å². The predicted molar refractivity (Wildman–Crippen MR) is 129 cm³/mol. The molecule has 2 nitrogen and oxygen atoms in total. The lowest BCUT2D eigenvalue weighted by atomic mass is 10.1. The van der Waals surface area contributed by atoms with Crippen LogP contribution in [0.15, 0.2) is 54.6 Å². The average Bonchev–Trinajstić information content (AvgIpc) is 2.76. The highest BCUT2D eigenvalue weighted by atomic mass is 16.5. The second-order valence-corrected chi connectivity index (χ2v) is 8.32. The Morgan fingerprint density at radius 3 is 2.03 bits per heavy atom. The zero-order chi connectivity index (χ0) is 21.3. The third kappa shape index (κ3) is 10.6. The standard InChI is InChI=1S/C28H40O2/c1-2-3-4-5-6-7-8-9-10-11-12-13-14-15-16-21-28(29)30-27-23-22-25-19-17-18-20-26(25)24-27/h9-10,17-20,22-24H,2-8,11-16,21H2,1H3/b10-9-. The van der Waals surface area contributed by atoms with Crippen LogP contribution < -0.4 is 4.74 Å². The van der Waals surface area contributed by atoms with Gasteiger partial charge in [-0.05, 0) is 55.0 Å². The van der Waals surface area contributed by atoms with Gasteiger partial charge in [0.2, 0.25) is 0 Å². The number of esters is 1. The summed E-state index contributed by atoms with van der Waals surface area (Å²) in [6.07, 6.45) is 21.6. The van der Waals surface area contributed by atoms with Gasteiger partial charge in [-0.2, -0.15) is 0 Å². The molecule has 0 N–H and O–H groups in total. The minimum Gasteiger partial charge on any atom is -0.427 e. The van der Waals surface area contributed by atoms with Gasteiger partial charge in [-0.15, -0.1) is 0 Å². The largest absolute Gasteiger partial charge is 0.427 e. The zero-order valence-corrected chi connectivity index (χ0v) is 18.9. The molecule has 0 aromatic heterocycles. The molecule has 0 fully saturated rings. The summed E-state index contributed by atoms with van der Waals surface area (Å²) in [4.78, 5) is 12.1. The van der Waals surface area contributed by atoms with Crippen molar-refractivity contribution in [2.45, 2.75) is 96.8 Å². The molecule has 2 heteroatoms. The minimum atomic E-state index is -0.122. The highest BCUT2D eigenvalue weighted by Gasteiger charge is 2.05. The number of carbonyl (C=O) groups excluding carboxylic acids is 1. The molecule has 2 rings (SSSR count). The Morgan fingerprint density at radius 1 is 0.733 bits per heavy atom. The third-order valence-corrected chi connectivity index (χ3v) is 5.60. The molecule has 0 aliphatic rings. The number of fused-ring (bicyclic) bond motifs is 1. The van der Waals surface area contributed by atoms with Crippen LogP contribution >= 0.6 is 0 Å². The van der Waals surface area contributed by atoms with Crippen molar-refractivity contribution in [2.75, 3.05) is 0 Å². The Labute approximate surface area is 183 Å². The fraction of sp³-hybridized carbons (Fsp3) is 0.536. The van der Waals surface area contributed by atoms with Crippen molar-refractivity contribution in [3.8, 4) is 5.75 Å². The van der Waals surface area contributed by atoms with Gasteiger partial charge in [-0.3, -0.25) is 4.79 Å². The molecule has 164 valence electrons. The lowest BCUT2D eigenvalue weighted by Gasteiger charge is -2.06. The van der Waals surface area contributed by atoms with Crippen molar-refractivity contribution in [3.05, 3.63) is 54.6 Å². The number of benzene rings is 2. The van der Waals surface area contributed by atoms with Gasteiger partial charge in [-0.25, -0.2) is 0 Å². The first-order valence-corrected chi connectivity index (χ1v) is 12.1.